The standard InChI is InChI=1S/C18H39N/c1-5-9-11-16(7-3)13-14-18(19)15-17(8-4)12-10-6-2/h16-18H,5-15,19H2,1-4H3. The summed E-state index contributed by atoms with van der Waals surface area (Å²) in [4.78, 5) is 0. The predicted molar refractivity (Wildman–Crippen MR) is 88.4 cm³/mol. The van der Waals surface area contributed by atoms with Gasteiger partial charge >= 0.3 is 0 Å². The van der Waals surface area contributed by atoms with Crippen molar-refractivity contribution < 1.29 is 0 Å². The van der Waals surface area contributed by atoms with Crippen LogP contribution in [0.4, 0.5) is 0 Å². The zero-order chi connectivity index (χ0) is 14.5. The summed E-state index contributed by atoms with van der Waals surface area (Å²) < 4.78 is 0. The van der Waals surface area contributed by atoms with Crippen LogP contribution in [-0.4, -0.2) is 6.04 Å². The van der Waals surface area contributed by atoms with Crippen molar-refractivity contribution in [1.82, 2.24) is 0 Å². The molecule has 1 heteroatoms. The van der Waals surface area contributed by atoms with Gasteiger partial charge < -0.3 is 5.73 Å². The Bertz CT molecular complexity index is 179. The first kappa shape index (κ1) is 19.0. The molecule has 0 aromatic carbocycles. The summed E-state index contributed by atoms with van der Waals surface area (Å²) in [7, 11) is 0. The quantitative estimate of drug-likeness (QED) is 0.441. The molecule has 1 nitrogen and oxygen atoms in total. The zero-order valence-electron chi connectivity index (χ0n) is 14.1. The van der Waals surface area contributed by atoms with E-state index in [4.69, 9.17) is 5.73 Å². The van der Waals surface area contributed by atoms with E-state index in [0.29, 0.717) is 6.04 Å². The SMILES string of the molecule is CCCCC(CC)CCC(N)CC(CC)CCCC. The summed E-state index contributed by atoms with van der Waals surface area (Å²) in [5, 5.41) is 0. The van der Waals surface area contributed by atoms with Gasteiger partial charge in [-0.25, -0.2) is 0 Å². The van der Waals surface area contributed by atoms with Crippen molar-refractivity contribution in [3.05, 3.63) is 0 Å². The second-order valence-corrected chi connectivity index (χ2v) is 6.41. The van der Waals surface area contributed by atoms with Gasteiger partial charge in [0.15, 0.2) is 0 Å². The Morgan fingerprint density at radius 2 is 1.21 bits per heavy atom. The molecule has 0 aromatic rings. The molecule has 0 bridgehead atoms. The average molecular weight is 270 g/mol. The number of hydrogen-bond donors (Lipinski definition) is 1. The second-order valence-electron chi connectivity index (χ2n) is 6.41. The fourth-order valence-electron chi connectivity index (χ4n) is 3.02. The molecule has 19 heavy (non-hydrogen) atoms. The molecule has 0 saturated carbocycles. The lowest BCUT2D eigenvalue weighted by Gasteiger charge is -2.22. The van der Waals surface area contributed by atoms with Crippen LogP contribution in [0.15, 0.2) is 0 Å². The average Bonchev–Trinajstić information content (AvgIpc) is 2.43. The van der Waals surface area contributed by atoms with Crippen LogP contribution in [0.25, 0.3) is 0 Å². The molecule has 2 N–H and O–H groups in total. The molecular weight excluding hydrogens is 230 g/mol. The topological polar surface area (TPSA) is 26.0 Å². The normalized spacial score (nSPS) is 16.3. The first-order valence-electron chi connectivity index (χ1n) is 8.93. The van der Waals surface area contributed by atoms with Crippen molar-refractivity contribution in [2.24, 2.45) is 17.6 Å². The van der Waals surface area contributed by atoms with Crippen LogP contribution in [0.2, 0.25) is 0 Å². The van der Waals surface area contributed by atoms with Crippen molar-refractivity contribution >= 4 is 0 Å². The molecule has 0 rings (SSSR count). The van der Waals surface area contributed by atoms with Gasteiger partial charge in [0.25, 0.3) is 0 Å². The molecule has 3 atom stereocenters. The highest BCUT2D eigenvalue weighted by Crippen LogP contribution is 2.23. The lowest BCUT2D eigenvalue weighted by molar-refractivity contribution is 0.340. The van der Waals surface area contributed by atoms with Gasteiger partial charge in [0.1, 0.15) is 0 Å². The fourth-order valence-corrected chi connectivity index (χ4v) is 3.02. The van der Waals surface area contributed by atoms with Gasteiger partial charge in [-0.1, -0.05) is 79.1 Å². The van der Waals surface area contributed by atoms with E-state index in [1.165, 1.54) is 70.6 Å². The Hall–Kier alpha value is -0.0400. The summed E-state index contributed by atoms with van der Waals surface area (Å²) in [6.07, 6.45) is 14.7. The molecule has 0 aliphatic carbocycles. The molecule has 0 aromatic heterocycles. The minimum absolute atomic E-state index is 0.442. The van der Waals surface area contributed by atoms with Crippen molar-refractivity contribution in [3.8, 4) is 0 Å². The van der Waals surface area contributed by atoms with Crippen molar-refractivity contribution in [1.29, 1.82) is 0 Å². The van der Waals surface area contributed by atoms with Crippen LogP contribution in [0.3, 0.4) is 0 Å². The number of rotatable bonds is 13. The maximum Gasteiger partial charge on any atom is 0.00415 e. The molecule has 116 valence electrons. The van der Waals surface area contributed by atoms with Crippen LogP contribution in [0.1, 0.15) is 98.3 Å². The Morgan fingerprint density at radius 3 is 1.68 bits per heavy atom. The highest BCUT2D eigenvalue weighted by molar-refractivity contribution is 4.70. The molecular formula is C18H39N. The predicted octanol–water partition coefficient (Wildman–Crippen LogP) is 5.92. The fraction of sp³-hybridized carbons (Fsp3) is 1.00. The summed E-state index contributed by atoms with van der Waals surface area (Å²) in [5.74, 6) is 1.78. The molecule has 0 saturated heterocycles. The van der Waals surface area contributed by atoms with Gasteiger partial charge in [0.05, 0.1) is 0 Å². The van der Waals surface area contributed by atoms with Gasteiger partial charge in [-0.15, -0.1) is 0 Å². The van der Waals surface area contributed by atoms with Crippen LogP contribution in [0.5, 0.6) is 0 Å². The lowest BCUT2D eigenvalue weighted by Crippen LogP contribution is -2.24. The molecule has 0 amide bonds. The highest BCUT2D eigenvalue weighted by Gasteiger charge is 2.13. The Labute approximate surface area is 122 Å². The van der Waals surface area contributed by atoms with E-state index >= 15 is 0 Å². The number of nitrogens with two attached hydrogens (primary N) is 1. The van der Waals surface area contributed by atoms with Crippen LogP contribution in [0, 0.1) is 11.8 Å². The summed E-state index contributed by atoms with van der Waals surface area (Å²) >= 11 is 0. The minimum atomic E-state index is 0.442. The Morgan fingerprint density at radius 1 is 0.684 bits per heavy atom. The van der Waals surface area contributed by atoms with E-state index in [0.717, 1.165) is 11.8 Å². The largest absolute Gasteiger partial charge is 0.328 e. The minimum Gasteiger partial charge on any atom is -0.328 e. The first-order chi connectivity index (χ1) is 9.17. The first-order valence-corrected chi connectivity index (χ1v) is 8.93. The van der Waals surface area contributed by atoms with E-state index in [1.54, 1.807) is 0 Å². The third-order valence-electron chi connectivity index (χ3n) is 4.67. The summed E-state index contributed by atoms with van der Waals surface area (Å²) in [5.41, 5.74) is 6.35. The molecule has 3 unspecified atom stereocenters. The summed E-state index contributed by atoms with van der Waals surface area (Å²) in [6.45, 7) is 9.23. The zero-order valence-corrected chi connectivity index (χ0v) is 14.1. The van der Waals surface area contributed by atoms with E-state index in [9.17, 15) is 0 Å². The van der Waals surface area contributed by atoms with Gasteiger partial charge in [0.2, 0.25) is 0 Å². The van der Waals surface area contributed by atoms with E-state index < -0.39 is 0 Å². The van der Waals surface area contributed by atoms with Crippen molar-refractivity contribution in [2.45, 2.75) is 104 Å². The second kappa shape index (κ2) is 13.0. The third kappa shape index (κ3) is 10.4. The maximum absolute atomic E-state index is 6.35. The molecule has 0 spiro atoms. The number of unbranched alkanes of at least 4 members (excludes halogenated alkanes) is 2. The third-order valence-corrected chi connectivity index (χ3v) is 4.67. The molecule has 0 fully saturated rings. The van der Waals surface area contributed by atoms with Crippen LogP contribution >= 0.6 is 0 Å². The smallest absolute Gasteiger partial charge is 0.00415 e. The van der Waals surface area contributed by atoms with Crippen LogP contribution in [-0.2, 0) is 0 Å². The maximum atomic E-state index is 6.35. The van der Waals surface area contributed by atoms with E-state index in [2.05, 4.69) is 27.7 Å². The lowest BCUT2D eigenvalue weighted by atomic mass is 9.87. The van der Waals surface area contributed by atoms with Crippen molar-refractivity contribution in [2.75, 3.05) is 0 Å². The molecule has 0 aliphatic heterocycles. The monoisotopic (exact) mass is 269 g/mol. The molecule has 0 heterocycles. The van der Waals surface area contributed by atoms with Crippen LogP contribution < -0.4 is 5.73 Å². The molecule has 0 aliphatic rings. The highest BCUT2D eigenvalue weighted by atomic mass is 14.6. The van der Waals surface area contributed by atoms with E-state index in [-0.39, 0.29) is 0 Å². The van der Waals surface area contributed by atoms with Gasteiger partial charge in [-0.3, -0.25) is 0 Å². The van der Waals surface area contributed by atoms with Gasteiger partial charge in [-0.2, -0.15) is 0 Å². The van der Waals surface area contributed by atoms with Crippen molar-refractivity contribution in [3.63, 3.8) is 0 Å². The number of hydrogen-bond acceptors (Lipinski definition) is 1. The van der Waals surface area contributed by atoms with E-state index in [1.807, 2.05) is 0 Å². The Kier molecular flexibility index (Phi) is 12.9. The Balaban J connectivity index is 3.83. The van der Waals surface area contributed by atoms with Gasteiger partial charge in [-0.05, 0) is 31.1 Å². The van der Waals surface area contributed by atoms with Gasteiger partial charge in [0, 0.05) is 6.04 Å². The summed E-state index contributed by atoms with van der Waals surface area (Å²) in [6, 6.07) is 0.442. The molecule has 0 radical (unpaired) electrons.